The highest BCUT2D eigenvalue weighted by molar-refractivity contribution is 7.89. The molecule has 31 heavy (non-hydrogen) atoms. The van der Waals surface area contributed by atoms with Crippen molar-refractivity contribution in [2.24, 2.45) is 0 Å². The van der Waals surface area contributed by atoms with Gasteiger partial charge in [-0.2, -0.15) is 0 Å². The molecule has 1 aliphatic heterocycles. The van der Waals surface area contributed by atoms with E-state index >= 15 is 0 Å². The van der Waals surface area contributed by atoms with Gasteiger partial charge in [0, 0.05) is 30.5 Å². The van der Waals surface area contributed by atoms with Crippen molar-refractivity contribution in [3.05, 3.63) is 53.2 Å². The van der Waals surface area contributed by atoms with E-state index in [0.29, 0.717) is 63.6 Å². The predicted molar refractivity (Wildman–Crippen MR) is 121 cm³/mol. The van der Waals surface area contributed by atoms with E-state index < -0.39 is 10.0 Å². The number of carbonyl (C=O) groups is 1. The van der Waals surface area contributed by atoms with Crippen molar-refractivity contribution in [1.29, 1.82) is 0 Å². The number of thiophene rings is 1. The summed E-state index contributed by atoms with van der Waals surface area (Å²) in [6.45, 7) is 6.03. The first-order chi connectivity index (χ1) is 15.0. The van der Waals surface area contributed by atoms with Gasteiger partial charge in [-0.3, -0.25) is 4.79 Å². The number of rotatable bonds is 12. The zero-order chi connectivity index (χ0) is 22.1. The van der Waals surface area contributed by atoms with E-state index in [1.54, 1.807) is 28.4 Å². The minimum atomic E-state index is -3.62. The second-order valence-corrected chi connectivity index (χ2v) is 9.96. The third kappa shape index (κ3) is 6.81. The van der Waals surface area contributed by atoms with E-state index in [4.69, 9.17) is 9.47 Å². The Morgan fingerprint density at radius 1 is 1.16 bits per heavy atom. The highest BCUT2D eigenvalue weighted by atomic mass is 32.2. The van der Waals surface area contributed by atoms with Gasteiger partial charge >= 0.3 is 0 Å². The topological polar surface area (TPSA) is 84.9 Å². The number of sulfonamides is 1. The standard InChI is InChI=1S/C22H28N2O5S2/c1-2-12-24(17-18-7-6-15-30-18)22(25)8-4-3-5-11-23-31(26,27)19-9-10-20-21(16-19)29-14-13-28-20/h2,6-7,9-10,15-16,23H,1,3-5,8,11-14,17H2. The lowest BCUT2D eigenvalue weighted by molar-refractivity contribution is -0.131. The Labute approximate surface area is 187 Å². The number of nitrogens with zero attached hydrogens (tertiary/aromatic N) is 1. The molecule has 1 aliphatic rings. The Bertz CT molecular complexity index is 974. The maximum absolute atomic E-state index is 12.5. The molecule has 2 heterocycles. The molecular formula is C22H28N2O5S2. The number of fused-ring (bicyclic) bond motifs is 1. The molecule has 0 unspecified atom stereocenters. The lowest BCUT2D eigenvalue weighted by Crippen LogP contribution is -2.30. The van der Waals surface area contributed by atoms with Crippen LogP contribution in [0, 0.1) is 0 Å². The molecule has 0 saturated heterocycles. The number of hydrogen-bond donors (Lipinski definition) is 1. The van der Waals surface area contributed by atoms with Crippen molar-refractivity contribution >= 4 is 27.3 Å². The van der Waals surface area contributed by atoms with E-state index in [1.807, 2.05) is 17.5 Å². The van der Waals surface area contributed by atoms with Crippen molar-refractivity contribution < 1.29 is 22.7 Å². The Kier molecular flexibility index (Phi) is 8.51. The van der Waals surface area contributed by atoms with E-state index in [1.165, 1.54) is 12.1 Å². The Balaban J connectivity index is 1.39. The molecule has 7 nitrogen and oxygen atoms in total. The molecule has 3 rings (SSSR count). The molecule has 9 heteroatoms. The smallest absolute Gasteiger partial charge is 0.240 e. The van der Waals surface area contributed by atoms with Crippen molar-refractivity contribution in [3.8, 4) is 11.5 Å². The second-order valence-electron chi connectivity index (χ2n) is 7.16. The number of hydrogen-bond acceptors (Lipinski definition) is 6. The van der Waals surface area contributed by atoms with Crippen molar-refractivity contribution in [1.82, 2.24) is 9.62 Å². The summed E-state index contributed by atoms with van der Waals surface area (Å²) in [4.78, 5) is 15.6. The molecule has 1 N–H and O–H groups in total. The van der Waals surface area contributed by atoms with Gasteiger partial charge in [-0.05, 0) is 36.4 Å². The SMILES string of the molecule is C=CCN(Cc1cccs1)C(=O)CCCCCNS(=O)(=O)c1ccc2c(c1)OCCO2. The highest BCUT2D eigenvalue weighted by Crippen LogP contribution is 2.32. The molecule has 0 bridgehead atoms. The zero-order valence-corrected chi connectivity index (χ0v) is 19.1. The molecule has 0 radical (unpaired) electrons. The Hall–Kier alpha value is -2.36. The predicted octanol–water partition coefficient (Wildman–Crippen LogP) is 3.57. The number of unbranched alkanes of at least 4 members (excludes halogenated alkanes) is 2. The minimum Gasteiger partial charge on any atom is -0.486 e. The molecular weight excluding hydrogens is 436 g/mol. The van der Waals surface area contributed by atoms with Crippen LogP contribution in [0.15, 0.2) is 53.3 Å². The summed E-state index contributed by atoms with van der Waals surface area (Å²) in [5.74, 6) is 1.09. The quantitative estimate of drug-likeness (QED) is 0.383. The largest absolute Gasteiger partial charge is 0.486 e. The number of ether oxygens (including phenoxy) is 2. The zero-order valence-electron chi connectivity index (χ0n) is 17.4. The molecule has 168 valence electrons. The van der Waals surface area contributed by atoms with Crippen LogP contribution >= 0.6 is 11.3 Å². The average molecular weight is 465 g/mol. The van der Waals surface area contributed by atoms with Crippen LogP contribution < -0.4 is 14.2 Å². The summed E-state index contributed by atoms with van der Waals surface area (Å²) in [6, 6.07) is 8.60. The minimum absolute atomic E-state index is 0.0881. The molecule has 1 aromatic carbocycles. The van der Waals surface area contributed by atoms with E-state index in [2.05, 4.69) is 11.3 Å². The van der Waals surface area contributed by atoms with Gasteiger partial charge in [-0.15, -0.1) is 17.9 Å². The van der Waals surface area contributed by atoms with Crippen LogP contribution in [-0.4, -0.2) is 45.5 Å². The first-order valence-corrected chi connectivity index (χ1v) is 12.7. The van der Waals surface area contributed by atoms with Gasteiger partial charge in [-0.1, -0.05) is 18.6 Å². The monoisotopic (exact) mass is 464 g/mol. The third-order valence-corrected chi connectivity index (χ3v) is 7.13. The summed E-state index contributed by atoms with van der Waals surface area (Å²) < 4.78 is 38.5. The lowest BCUT2D eigenvalue weighted by Gasteiger charge is -2.20. The van der Waals surface area contributed by atoms with Gasteiger partial charge in [0.2, 0.25) is 15.9 Å². The number of amides is 1. The van der Waals surface area contributed by atoms with Crippen molar-refractivity contribution in [2.45, 2.75) is 37.1 Å². The van der Waals surface area contributed by atoms with Gasteiger partial charge in [0.15, 0.2) is 11.5 Å². The highest BCUT2D eigenvalue weighted by Gasteiger charge is 2.19. The maximum Gasteiger partial charge on any atom is 0.240 e. The molecule has 0 spiro atoms. The number of carbonyl (C=O) groups excluding carboxylic acids is 1. The molecule has 0 saturated carbocycles. The van der Waals surface area contributed by atoms with Gasteiger partial charge in [0.05, 0.1) is 11.4 Å². The van der Waals surface area contributed by atoms with Crippen LogP contribution in [0.25, 0.3) is 0 Å². The van der Waals surface area contributed by atoms with Crippen LogP contribution in [-0.2, 0) is 21.4 Å². The maximum atomic E-state index is 12.5. The van der Waals surface area contributed by atoms with Crippen LogP contribution in [0.2, 0.25) is 0 Å². The Morgan fingerprint density at radius 2 is 1.97 bits per heavy atom. The summed E-state index contributed by atoms with van der Waals surface area (Å²) in [5, 5.41) is 2.00. The third-order valence-electron chi connectivity index (χ3n) is 4.81. The van der Waals surface area contributed by atoms with E-state index in [0.717, 1.165) is 11.3 Å². The van der Waals surface area contributed by atoms with Gasteiger partial charge in [0.25, 0.3) is 0 Å². The summed E-state index contributed by atoms with van der Waals surface area (Å²) in [5.41, 5.74) is 0. The van der Waals surface area contributed by atoms with Crippen LogP contribution in [0.3, 0.4) is 0 Å². The van der Waals surface area contributed by atoms with E-state index in [-0.39, 0.29) is 10.8 Å². The van der Waals surface area contributed by atoms with Crippen LogP contribution in [0.1, 0.15) is 30.6 Å². The molecule has 1 aromatic heterocycles. The number of nitrogens with one attached hydrogen (secondary N) is 1. The van der Waals surface area contributed by atoms with Gasteiger partial charge in [-0.25, -0.2) is 13.1 Å². The Morgan fingerprint density at radius 3 is 2.71 bits per heavy atom. The average Bonchev–Trinajstić information content (AvgIpc) is 3.28. The van der Waals surface area contributed by atoms with Crippen molar-refractivity contribution in [2.75, 3.05) is 26.3 Å². The number of benzene rings is 1. The van der Waals surface area contributed by atoms with Crippen LogP contribution in [0.4, 0.5) is 0 Å². The van der Waals surface area contributed by atoms with Crippen LogP contribution in [0.5, 0.6) is 11.5 Å². The molecule has 2 aromatic rings. The summed E-state index contributed by atoms with van der Waals surface area (Å²) >= 11 is 1.63. The second kappa shape index (κ2) is 11.3. The van der Waals surface area contributed by atoms with Crippen molar-refractivity contribution in [3.63, 3.8) is 0 Å². The van der Waals surface area contributed by atoms with E-state index in [9.17, 15) is 13.2 Å². The first-order valence-electron chi connectivity index (χ1n) is 10.3. The lowest BCUT2D eigenvalue weighted by atomic mass is 10.2. The fourth-order valence-corrected chi connectivity index (χ4v) is 5.03. The first kappa shape index (κ1) is 23.3. The molecule has 0 aliphatic carbocycles. The summed E-state index contributed by atoms with van der Waals surface area (Å²) in [6.07, 6.45) is 4.30. The normalized spacial score (nSPS) is 13.0. The molecule has 1 amide bonds. The fourth-order valence-electron chi connectivity index (χ4n) is 3.22. The van der Waals surface area contributed by atoms with Gasteiger partial charge in [0.1, 0.15) is 13.2 Å². The van der Waals surface area contributed by atoms with Gasteiger partial charge < -0.3 is 14.4 Å². The molecule has 0 fully saturated rings. The molecule has 0 atom stereocenters. The summed E-state index contributed by atoms with van der Waals surface area (Å²) in [7, 11) is -3.62. The fraction of sp³-hybridized carbons (Fsp3) is 0.409.